The second-order valence-corrected chi connectivity index (χ2v) is 9.09. The van der Waals surface area contributed by atoms with Gasteiger partial charge in [-0.1, -0.05) is 49.0 Å². The summed E-state index contributed by atoms with van der Waals surface area (Å²) in [4.78, 5) is 6.12. The van der Waals surface area contributed by atoms with Crippen molar-refractivity contribution in [2.75, 3.05) is 0 Å². The second kappa shape index (κ2) is 7.96. The number of thiazole rings is 1. The summed E-state index contributed by atoms with van der Waals surface area (Å²) in [6.45, 7) is 4.36. The first kappa shape index (κ1) is 18.4. The normalized spacial score (nSPS) is 11.2. The highest BCUT2D eigenvalue weighted by atomic mass is 32.2. The molecular formula is C20H20N4S3. The lowest BCUT2D eigenvalue weighted by atomic mass is 10.1. The van der Waals surface area contributed by atoms with Crippen molar-refractivity contribution in [2.45, 2.75) is 31.2 Å². The monoisotopic (exact) mass is 412 g/mol. The molecular weight excluding hydrogens is 392 g/mol. The molecule has 7 heteroatoms. The number of hydrogen-bond donors (Lipinski definition) is 0. The SMILES string of the molecule is CCc1c(-c2nnc(SCc3csc(-c4ccccc4)n3)n2C)csc1C. The van der Waals surface area contributed by atoms with Crippen LogP contribution >= 0.6 is 34.4 Å². The van der Waals surface area contributed by atoms with Crippen molar-refractivity contribution in [1.82, 2.24) is 19.7 Å². The average Bonchev–Trinajstić information content (AvgIpc) is 3.39. The van der Waals surface area contributed by atoms with Gasteiger partial charge in [-0.25, -0.2) is 4.98 Å². The van der Waals surface area contributed by atoms with Crippen LogP contribution in [0, 0.1) is 6.92 Å². The molecule has 3 aromatic heterocycles. The highest BCUT2D eigenvalue weighted by Gasteiger charge is 2.17. The molecule has 4 nitrogen and oxygen atoms in total. The number of thiophene rings is 1. The zero-order chi connectivity index (χ0) is 18.8. The van der Waals surface area contributed by atoms with Gasteiger partial charge in [-0.2, -0.15) is 0 Å². The van der Waals surface area contributed by atoms with Crippen molar-refractivity contribution in [3.05, 3.63) is 57.2 Å². The van der Waals surface area contributed by atoms with Crippen LogP contribution in [0.25, 0.3) is 22.0 Å². The first-order chi connectivity index (χ1) is 13.2. The molecule has 0 saturated heterocycles. The number of hydrogen-bond acceptors (Lipinski definition) is 6. The highest BCUT2D eigenvalue weighted by Crippen LogP contribution is 2.33. The highest BCUT2D eigenvalue weighted by molar-refractivity contribution is 7.98. The summed E-state index contributed by atoms with van der Waals surface area (Å²) in [5.74, 6) is 1.74. The molecule has 0 spiro atoms. The fraction of sp³-hybridized carbons (Fsp3) is 0.250. The van der Waals surface area contributed by atoms with Gasteiger partial charge in [0.1, 0.15) is 5.01 Å². The minimum absolute atomic E-state index is 0.790. The average molecular weight is 413 g/mol. The first-order valence-corrected chi connectivity index (χ1v) is 11.5. The quantitative estimate of drug-likeness (QED) is 0.374. The zero-order valence-corrected chi connectivity index (χ0v) is 17.9. The molecule has 0 N–H and O–H groups in total. The lowest BCUT2D eigenvalue weighted by Gasteiger charge is -2.04. The molecule has 27 heavy (non-hydrogen) atoms. The molecule has 0 bridgehead atoms. The minimum atomic E-state index is 0.790. The van der Waals surface area contributed by atoms with Gasteiger partial charge in [0, 0.05) is 39.6 Å². The number of benzene rings is 1. The molecule has 1 aromatic carbocycles. The van der Waals surface area contributed by atoms with E-state index in [0.29, 0.717) is 0 Å². The van der Waals surface area contributed by atoms with Crippen LogP contribution in [0.15, 0.2) is 46.2 Å². The molecule has 4 rings (SSSR count). The Balaban J connectivity index is 1.50. The van der Waals surface area contributed by atoms with Crippen LogP contribution < -0.4 is 0 Å². The van der Waals surface area contributed by atoms with Gasteiger partial charge < -0.3 is 4.57 Å². The molecule has 138 valence electrons. The molecule has 0 fully saturated rings. The number of aromatic nitrogens is 4. The zero-order valence-electron chi connectivity index (χ0n) is 15.5. The Morgan fingerprint density at radius 1 is 1.07 bits per heavy atom. The van der Waals surface area contributed by atoms with Gasteiger partial charge in [0.25, 0.3) is 0 Å². The van der Waals surface area contributed by atoms with Gasteiger partial charge in [0.15, 0.2) is 11.0 Å². The molecule has 3 heterocycles. The van der Waals surface area contributed by atoms with Crippen LogP contribution in [0.3, 0.4) is 0 Å². The summed E-state index contributed by atoms with van der Waals surface area (Å²) in [7, 11) is 2.04. The number of aryl methyl sites for hydroxylation is 1. The van der Waals surface area contributed by atoms with Crippen LogP contribution in [0.5, 0.6) is 0 Å². The molecule has 0 aliphatic rings. The van der Waals surface area contributed by atoms with E-state index < -0.39 is 0 Å². The molecule has 0 unspecified atom stereocenters. The lowest BCUT2D eigenvalue weighted by Crippen LogP contribution is -1.96. The Hall–Kier alpha value is -1.96. The third kappa shape index (κ3) is 3.72. The summed E-state index contributed by atoms with van der Waals surface area (Å²) < 4.78 is 2.09. The maximum absolute atomic E-state index is 4.76. The number of rotatable bonds is 6. The van der Waals surface area contributed by atoms with Crippen LogP contribution in [0.1, 0.15) is 23.1 Å². The maximum atomic E-state index is 4.76. The third-order valence-electron chi connectivity index (χ3n) is 4.45. The van der Waals surface area contributed by atoms with Crippen molar-refractivity contribution in [1.29, 1.82) is 0 Å². The molecule has 0 amide bonds. The molecule has 0 aliphatic carbocycles. The molecule has 0 atom stereocenters. The van der Waals surface area contributed by atoms with E-state index in [0.717, 1.165) is 33.9 Å². The summed E-state index contributed by atoms with van der Waals surface area (Å²) in [5.41, 5.74) is 4.83. The van der Waals surface area contributed by atoms with E-state index >= 15 is 0 Å². The summed E-state index contributed by atoms with van der Waals surface area (Å²) in [5, 5.41) is 15.2. The van der Waals surface area contributed by atoms with Crippen LogP contribution in [0.4, 0.5) is 0 Å². The maximum Gasteiger partial charge on any atom is 0.191 e. The summed E-state index contributed by atoms with van der Waals surface area (Å²) >= 11 is 5.15. The molecule has 0 aliphatic heterocycles. The van der Waals surface area contributed by atoms with Crippen LogP contribution in [-0.2, 0) is 19.2 Å². The van der Waals surface area contributed by atoms with Gasteiger partial charge in [-0.05, 0) is 18.9 Å². The molecule has 0 saturated carbocycles. The molecule has 0 radical (unpaired) electrons. The van der Waals surface area contributed by atoms with E-state index in [1.54, 1.807) is 34.4 Å². The van der Waals surface area contributed by atoms with Crippen LogP contribution in [-0.4, -0.2) is 19.7 Å². The summed E-state index contributed by atoms with van der Waals surface area (Å²) in [6.07, 6.45) is 1.01. The minimum Gasteiger partial charge on any atom is -0.305 e. The Morgan fingerprint density at radius 3 is 2.67 bits per heavy atom. The fourth-order valence-electron chi connectivity index (χ4n) is 3.01. The number of nitrogens with zero attached hydrogens (tertiary/aromatic N) is 4. The van der Waals surface area contributed by atoms with Gasteiger partial charge >= 0.3 is 0 Å². The Labute approximate surface area is 171 Å². The fourth-order valence-corrected chi connectivity index (χ4v) is 5.68. The third-order valence-corrected chi connectivity index (χ3v) is 7.40. The Kier molecular flexibility index (Phi) is 5.43. The van der Waals surface area contributed by atoms with Crippen molar-refractivity contribution < 1.29 is 0 Å². The van der Waals surface area contributed by atoms with E-state index in [2.05, 4.69) is 51.5 Å². The largest absolute Gasteiger partial charge is 0.305 e. The van der Waals surface area contributed by atoms with E-state index in [-0.39, 0.29) is 0 Å². The van der Waals surface area contributed by atoms with Gasteiger partial charge in [-0.3, -0.25) is 0 Å². The molecule has 4 aromatic rings. The first-order valence-electron chi connectivity index (χ1n) is 8.76. The topological polar surface area (TPSA) is 43.6 Å². The standard InChI is InChI=1S/C20H20N4S3/c1-4-16-13(2)25-12-17(16)18-22-23-20(24(18)3)27-11-15-10-26-19(21-15)14-8-6-5-7-9-14/h5-10,12H,4,11H2,1-3H3. The van der Waals surface area contributed by atoms with Gasteiger partial charge in [0.05, 0.1) is 5.69 Å². The lowest BCUT2D eigenvalue weighted by molar-refractivity contribution is 0.793. The predicted molar refractivity (Wildman–Crippen MR) is 116 cm³/mol. The van der Waals surface area contributed by atoms with Crippen LogP contribution in [0.2, 0.25) is 0 Å². The Morgan fingerprint density at radius 2 is 1.89 bits per heavy atom. The van der Waals surface area contributed by atoms with Gasteiger partial charge in [-0.15, -0.1) is 32.9 Å². The van der Waals surface area contributed by atoms with E-state index in [1.165, 1.54) is 21.6 Å². The Bertz CT molecular complexity index is 1050. The van der Waals surface area contributed by atoms with Crippen molar-refractivity contribution in [2.24, 2.45) is 7.05 Å². The van der Waals surface area contributed by atoms with Crippen molar-refractivity contribution >= 4 is 34.4 Å². The smallest absolute Gasteiger partial charge is 0.191 e. The predicted octanol–water partition coefficient (Wildman–Crippen LogP) is 5.83. The second-order valence-electron chi connectivity index (χ2n) is 6.20. The van der Waals surface area contributed by atoms with E-state index in [9.17, 15) is 0 Å². The van der Waals surface area contributed by atoms with Crippen molar-refractivity contribution in [3.8, 4) is 22.0 Å². The van der Waals surface area contributed by atoms with Gasteiger partial charge in [0.2, 0.25) is 0 Å². The van der Waals surface area contributed by atoms with E-state index in [1.807, 2.05) is 25.2 Å². The van der Waals surface area contributed by atoms with E-state index in [4.69, 9.17) is 4.98 Å². The van der Waals surface area contributed by atoms with Crippen molar-refractivity contribution in [3.63, 3.8) is 0 Å². The summed E-state index contributed by atoms with van der Waals surface area (Å²) in [6, 6.07) is 10.3. The number of thioether (sulfide) groups is 1.